The Balaban J connectivity index is 1.49. The van der Waals surface area contributed by atoms with E-state index in [1.54, 1.807) is 0 Å². The Morgan fingerprint density at radius 3 is 2.12 bits per heavy atom. The number of rotatable bonds is 5. The van der Waals surface area contributed by atoms with E-state index < -0.39 is 5.97 Å². The molecule has 0 spiro atoms. The second-order valence-corrected chi connectivity index (χ2v) is 6.20. The van der Waals surface area contributed by atoms with Gasteiger partial charge in [0.2, 0.25) is 0 Å². The van der Waals surface area contributed by atoms with Crippen molar-refractivity contribution >= 4 is 5.97 Å². The summed E-state index contributed by atoms with van der Waals surface area (Å²) in [7, 11) is 0. The summed E-state index contributed by atoms with van der Waals surface area (Å²) in [5, 5.41) is 10.3. The number of carbonyl (C=O) groups is 1. The SMILES string of the molecule is O=C([O-])CNNCC1C2CC3CC(C2)CC1C3. The Morgan fingerprint density at radius 2 is 1.59 bits per heavy atom. The number of carboxylic acid groups (broad SMARTS) is 1. The molecule has 0 aromatic carbocycles. The third-order valence-electron chi connectivity index (χ3n) is 5.12. The Hall–Kier alpha value is -0.610. The van der Waals surface area contributed by atoms with Gasteiger partial charge in [0, 0.05) is 13.1 Å². The standard InChI is InChI=1S/C13H22N2O2/c16-13(17)7-15-14-6-12-10-2-8-1-9(4-10)5-11(12)3-8/h8-12,14-15H,1-7H2,(H,16,17)/p-1. The summed E-state index contributed by atoms with van der Waals surface area (Å²) in [5.74, 6) is 3.50. The summed E-state index contributed by atoms with van der Waals surface area (Å²) in [4.78, 5) is 10.3. The van der Waals surface area contributed by atoms with Gasteiger partial charge in [0.1, 0.15) is 0 Å². The summed E-state index contributed by atoms with van der Waals surface area (Å²) >= 11 is 0. The molecule has 4 aliphatic rings. The number of carboxylic acids is 1. The molecule has 4 nitrogen and oxygen atoms in total. The van der Waals surface area contributed by atoms with Crippen LogP contribution in [0.3, 0.4) is 0 Å². The minimum absolute atomic E-state index is 0.104. The van der Waals surface area contributed by atoms with Crippen molar-refractivity contribution in [2.45, 2.75) is 32.1 Å². The Bertz CT molecular complexity index is 278. The lowest BCUT2D eigenvalue weighted by Gasteiger charge is -2.54. The molecule has 4 fully saturated rings. The van der Waals surface area contributed by atoms with Crippen LogP contribution in [0, 0.1) is 29.6 Å². The van der Waals surface area contributed by atoms with Crippen LogP contribution in [0.2, 0.25) is 0 Å². The third-order valence-corrected chi connectivity index (χ3v) is 5.12. The van der Waals surface area contributed by atoms with Gasteiger partial charge in [0.05, 0.1) is 5.97 Å². The van der Waals surface area contributed by atoms with Crippen LogP contribution in [-0.2, 0) is 4.79 Å². The molecule has 0 atom stereocenters. The molecule has 0 aliphatic heterocycles. The second-order valence-electron chi connectivity index (χ2n) is 6.20. The fraction of sp³-hybridized carbons (Fsp3) is 0.923. The van der Waals surface area contributed by atoms with Crippen LogP contribution < -0.4 is 16.0 Å². The van der Waals surface area contributed by atoms with Crippen LogP contribution >= 0.6 is 0 Å². The van der Waals surface area contributed by atoms with Crippen LogP contribution in [0.5, 0.6) is 0 Å². The zero-order valence-electron chi connectivity index (χ0n) is 10.2. The van der Waals surface area contributed by atoms with Gasteiger partial charge in [0.15, 0.2) is 0 Å². The molecule has 0 saturated heterocycles. The maximum Gasteiger partial charge on any atom is 0.0566 e. The van der Waals surface area contributed by atoms with Crippen LogP contribution in [-0.4, -0.2) is 19.1 Å². The number of hydrazine groups is 1. The lowest BCUT2D eigenvalue weighted by molar-refractivity contribution is -0.304. The van der Waals surface area contributed by atoms with Crippen molar-refractivity contribution in [1.82, 2.24) is 10.9 Å². The largest absolute Gasteiger partial charge is 0.549 e. The summed E-state index contributed by atoms with van der Waals surface area (Å²) in [6, 6.07) is 0. The highest BCUT2D eigenvalue weighted by atomic mass is 16.4. The van der Waals surface area contributed by atoms with Crippen molar-refractivity contribution in [2.24, 2.45) is 29.6 Å². The van der Waals surface area contributed by atoms with Gasteiger partial charge in [-0.25, -0.2) is 0 Å². The lowest BCUT2D eigenvalue weighted by atomic mass is 9.52. The number of nitrogens with one attached hydrogen (secondary N) is 2. The van der Waals surface area contributed by atoms with Gasteiger partial charge in [-0.15, -0.1) is 0 Å². The first kappa shape index (κ1) is 11.5. The summed E-state index contributed by atoms with van der Waals surface area (Å²) < 4.78 is 0. The molecule has 0 unspecified atom stereocenters. The monoisotopic (exact) mass is 237 g/mol. The highest BCUT2D eigenvalue weighted by molar-refractivity contribution is 5.66. The molecule has 4 rings (SSSR count). The van der Waals surface area contributed by atoms with E-state index in [0.29, 0.717) is 0 Å². The van der Waals surface area contributed by atoms with Crippen LogP contribution in [0.25, 0.3) is 0 Å². The fourth-order valence-electron chi connectivity index (χ4n) is 4.70. The van der Waals surface area contributed by atoms with E-state index in [-0.39, 0.29) is 6.54 Å². The molecule has 0 heterocycles. The number of hydrogen-bond donors (Lipinski definition) is 2. The normalized spacial score (nSPS) is 42.9. The molecule has 0 amide bonds. The maximum absolute atomic E-state index is 10.3. The van der Waals surface area contributed by atoms with Crippen molar-refractivity contribution < 1.29 is 9.90 Å². The average Bonchev–Trinajstić information content (AvgIpc) is 2.25. The van der Waals surface area contributed by atoms with Gasteiger partial charge >= 0.3 is 0 Å². The predicted octanol–water partition coefficient (Wildman–Crippen LogP) is -0.0972. The first-order valence-corrected chi connectivity index (χ1v) is 6.88. The zero-order chi connectivity index (χ0) is 11.8. The highest BCUT2D eigenvalue weighted by Crippen LogP contribution is 2.56. The Morgan fingerprint density at radius 1 is 1.00 bits per heavy atom. The second kappa shape index (κ2) is 4.58. The van der Waals surface area contributed by atoms with Crippen LogP contribution in [0.15, 0.2) is 0 Å². The number of carbonyl (C=O) groups excluding carboxylic acids is 1. The van der Waals surface area contributed by atoms with Crippen molar-refractivity contribution in [1.29, 1.82) is 0 Å². The molecule has 4 aliphatic carbocycles. The quantitative estimate of drug-likeness (QED) is 0.518. The van der Waals surface area contributed by atoms with Gasteiger partial charge in [-0.3, -0.25) is 10.9 Å². The topological polar surface area (TPSA) is 64.2 Å². The maximum atomic E-state index is 10.3. The van der Waals surface area contributed by atoms with Crippen molar-refractivity contribution in [3.05, 3.63) is 0 Å². The van der Waals surface area contributed by atoms with Crippen LogP contribution in [0.4, 0.5) is 0 Å². The number of aliphatic carboxylic acids is 1. The smallest absolute Gasteiger partial charge is 0.0566 e. The molecule has 2 N–H and O–H groups in total. The van der Waals surface area contributed by atoms with E-state index in [9.17, 15) is 9.90 Å². The molecule has 4 bridgehead atoms. The van der Waals surface area contributed by atoms with Gasteiger partial charge in [-0.05, 0) is 61.7 Å². The molecular weight excluding hydrogens is 216 g/mol. The van der Waals surface area contributed by atoms with Crippen molar-refractivity contribution in [3.8, 4) is 0 Å². The van der Waals surface area contributed by atoms with Gasteiger partial charge in [0.25, 0.3) is 0 Å². The first-order valence-electron chi connectivity index (χ1n) is 6.88. The van der Waals surface area contributed by atoms with Gasteiger partial charge in [-0.2, -0.15) is 0 Å². The van der Waals surface area contributed by atoms with Gasteiger partial charge in [-0.1, -0.05) is 0 Å². The Kier molecular flexibility index (Phi) is 3.09. The summed E-state index contributed by atoms with van der Waals surface area (Å²) in [6.45, 7) is 0.815. The molecule has 4 saturated carbocycles. The highest BCUT2D eigenvalue weighted by Gasteiger charge is 2.47. The van der Waals surface area contributed by atoms with Crippen LogP contribution in [0.1, 0.15) is 32.1 Å². The Labute approximate surface area is 102 Å². The minimum Gasteiger partial charge on any atom is -0.549 e. The summed E-state index contributed by atoms with van der Waals surface area (Å²) in [5.41, 5.74) is 5.81. The van der Waals surface area contributed by atoms with E-state index in [1.165, 1.54) is 32.1 Å². The molecule has 17 heavy (non-hydrogen) atoms. The zero-order valence-corrected chi connectivity index (χ0v) is 10.2. The lowest BCUT2D eigenvalue weighted by Crippen LogP contribution is -2.51. The summed E-state index contributed by atoms with van der Waals surface area (Å²) in [6.07, 6.45) is 7.15. The molecular formula is C13H21N2O2-. The van der Waals surface area contributed by atoms with E-state index in [4.69, 9.17) is 0 Å². The molecule has 96 valence electrons. The average molecular weight is 237 g/mol. The first-order chi connectivity index (χ1) is 8.22. The predicted molar refractivity (Wildman–Crippen MR) is 61.5 cm³/mol. The minimum atomic E-state index is -1.05. The van der Waals surface area contributed by atoms with Gasteiger partial charge < -0.3 is 9.90 Å². The van der Waals surface area contributed by atoms with E-state index in [1.807, 2.05) is 0 Å². The number of hydrogen-bond acceptors (Lipinski definition) is 4. The molecule has 4 heteroatoms. The van der Waals surface area contributed by atoms with Crippen molar-refractivity contribution in [3.63, 3.8) is 0 Å². The fourth-order valence-corrected chi connectivity index (χ4v) is 4.70. The van der Waals surface area contributed by atoms with Crippen molar-refractivity contribution in [2.75, 3.05) is 13.1 Å². The van der Waals surface area contributed by atoms with E-state index >= 15 is 0 Å². The molecule has 0 aromatic heterocycles. The molecule has 0 aromatic rings. The third kappa shape index (κ3) is 2.33. The van der Waals surface area contributed by atoms with E-state index in [0.717, 1.165) is 36.1 Å². The van der Waals surface area contributed by atoms with E-state index in [2.05, 4.69) is 10.9 Å². The molecule has 0 radical (unpaired) electrons.